The van der Waals surface area contributed by atoms with Gasteiger partial charge >= 0.3 is 6.01 Å². The van der Waals surface area contributed by atoms with Crippen molar-refractivity contribution >= 4 is 28.3 Å². The average Bonchev–Trinajstić information content (AvgIpc) is 3.34. The lowest BCUT2D eigenvalue weighted by Crippen LogP contribution is -2.48. The Hall–Kier alpha value is -2.10. The number of ether oxygens (including phenoxy) is 1. The zero-order valence-electron chi connectivity index (χ0n) is 19.1. The fourth-order valence-electron chi connectivity index (χ4n) is 5.82. The lowest BCUT2D eigenvalue weighted by Gasteiger charge is -2.40. The van der Waals surface area contributed by atoms with Crippen LogP contribution in [0, 0.1) is 5.82 Å². The number of allylic oxidation sites excluding steroid dienone is 1. The van der Waals surface area contributed by atoms with E-state index in [0.717, 1.165) is 25.8 Å². The Balaban J connectivity index is 1.48. The normalized spacial score (nSPS) is 29.5. The van der Waals surface area contributed by atoms with Crippen LogP contribution in [0.25, 0.3) is 10.9 Å². The van der Waals surface area contributed by atoms with Gasteiger partial charge in [0, 0.05) is 32.3 Å². The Bertz CT molecular complexity index is 1090. The number of nitrogens with zero attached hydrogens (tertiary/aromatic N) is 5. The number of aliphatic hydroxyl groups is 1. The molecular formula is C24H30ClF2N5O2. The molecule has 0 radical (unpaired) electrons. The van der Waals surface area contributed by atoms with Crippen LogP contribution >= 0.6 is 11.6 Å². The maximum Gasteiger partial charge on any atom is 0.319 e. The summed E-state index contributed by atoms with van der Waals surface area (Å²) < 4.78 is 35.2. The standard InChI is InChI=1S/C24H30ClF2N5O2/c1-2-3-7-24(33)8-5-9-31(14-24)21-17-12-28-20(25)18(27)19(17)29-22(30-21)34-15-23-6-4-10-32(23)13-16(26)11-23/h2,12,16,33H,1,3-11,13-15H2/t16-,23+,24-/m1/s1. The number of anilines is 1. The fraction of sp³-hybridized carbons (Fsp3) is 0.625. The van der Waals surface area contributed by atoms with E-state index < -0.39 is 17.6 Å². The fourth-order valence-corrected chi connectivity index (χ4v) is 5.96. The highest BCUT2D eigenvalue weighted by Gasteiger charge is 2.49. The Labute approximate surface area is 202 Å². The van der Waals surface area contributed by atoms with Crippen LogP contribution in [-0.2, 0) is 0 Å². The van der Waals surface area contributed by atoms with Gasteiger partial charge in [-0.05, 0) is 45.1 Å². The third kappa shape index (κ3) is 4.33. The SMILES string of the molecule is C=CCC[C@@]1(O)CCCN(c2nc(OC[C@@]34CCCN3C[C@H](F)C4)nc3c(F)c(Cl)ncc23)C1. The molecule has 10 heteroatoms. The Kier molecular flexibility index (Phi) is 6.37. The highest BCUT2D eigenvalue weighted by molar-refractivity contribution is 6.30. The van der Waals surface area contributed by atoms with Gasteiger partial charge in [-0.15, -0.1) is 6.58 Å². The van der Waals surface area contributed by atoms with Crippen molar-refractivity contribution in [2.75, 3.05) is 37.7 Å². The molecule has 5 heterocycles. The van der Waals surface area contributed by atoms with Crippen molar-refractivity contribution in [3.63, 3.8) is 0 Å². The van der Waals surface area contributed by atoms with Gasteiger partial charge in [0.05, 0.1) is 16.5 Å². The first-order chi connectivity index (χ1) is 16.3. The molecule has 3 saturated heterocycles. The number of rotatable bonds is 7. The molecule has 3 fully saturated rings. The van der Waals surface area contributed by atoms with Crippen LogP contribution in [0.2, 0.25) is 5.15 Å². The van der Waals surface area contributed by atoms with Crippen LogP contribution in [0.3, 0.4) is 0 Å². The van der Waals surface area contributed by atoms with Gasteiger partial charge in [0.25, 0.3) is 0 Å². The van der Waals surface area contributed by atoms with Crippen LogP contribution in [-0.4, -0.2) is 75.1 Å². The molecule has 0 bridgehead atoms. The van der Waals surface area contributed by atoms with Crippen molar-refractivity contribution in [1.82, 2.24) is 19.9 Å². The molecule has 3 aliphatic rings. The van der Waals surface area contributed by atoms with Gasteiger partial charge in [-0.3, -0.25) is 4.90 Å². The minimum Gasteiger partial charge on any atom is -0.461 e. The molecule has 5 rings (SSSR count). The van der Waals surface area contributed by atoms with Crippen LogP contribution in [0.4, 0.5) is 14.6 Å². The van der Waals surface area contributed by atoms with E-state index in [9.17, 15) is 13.9 Å². The Morgan fingerprint density at radius 2 is 2.12 bits per heavy atom. The summed E-state index contributed by atoms with van der Waals surface area (Å²) in [4.78, 5) is 17.0. The van der Waals surface area contributed by atoms with Gasteiger partial charge in [-0.25, -0.2) is 13.8 Å². The van der Waals surface area contributed by atoms with Gasteiger partial charge in [-0.2, -0.15) is 9.97 Å². The second kappa shape index (κ2) is 9.17. The third-order valence-electron chi connectivity index (χ3n) is 7.50. The molecule has 0 saturated carbocycles. The van der Waals surface area contributed by atoms with Crippen molar-refractivity contribution < 1.29 is 18.6 Å². The van der Waals surface area contributed by atoms with Crippen LogP contribution < -0.4 is 9.64 Å². The van der Waals surface area contributed by atoms with Gasteiger partial charge < -0.3 is 14.7 Å². The van der Waals surface area contributed by atoms with E-state index in [1.54, 1.807) is 6.08 Å². The van der Waals surface area contributed by atoms with E-state index in [4.69, 9.17) is 16.3 Å². The van der Waals surface area contributed by atoms with Crippen molar-refractivity contribution in [1.29, 1.82) is 0 Å². The number of fused-ring (bicyclic) bond motifs is 2. The van der Waals surface area contributed by atoms with Crippen molar-refractivity contribution in [3.8, 4) is 6.01 Å². The summed E-state index contributed by atoms with van der Waals surface area (Å²) in [5.41, 5.74) is -1.25. The minimum absolute atomic E-state index is 0.0207. The molecular weight excluding hydrogens is 464 g/mol. The topological polar surface area (TPSA) is 74.6 Å². The lowest BCUT2D eigenvalue weighted by atomic mass is 9.88. The summed E-state index contributed by atoms with van der Waals surface area (Å²) in [5, 5.41) is 11.3. The van der Waals surface area contributed by atoms with Gasteiger partial charge in [0.2, 0.25) is 0 Å². The third-order valence-corrected chi connectivity index (χ3v) is 7.76. The van der Waals surface area contributed by atoms with E-state index in [0.29, 0.717) is 56.5 Å². The molecule has 7 nitrogen and oxygen atoms in total. The van der Waals surface area contributed by atoms with E-state index in [1.165, 1.54) is 6.20 Å². The molecule has 3 atom stereocenters. The van der Waals surface area contributed by atoms with Crippen molar-refractivity contribution in [3.05, 3.63) is 29.8 Å². The van der Waals surface area contributed by atoms with E-state index >= 15 is 0 Å². The predicted molar refractivity (Wildman–Crippen MR) is 127 cm³/mol. The van der Waals surface area contributed by atoms with Crippen LogP contribution in [0.15, 0.2) is 18.9 Å². The smallest absolute Gasteiger partial charge is 0.319 e. The molecule has 34 heavy (non-hydrogen) atoms. The summed E-state index contributed by atoms with van der Waals surface area (Å²) in [7, 11) is 0. The quantitative estimate of drug-likeness (QED) is 0.460. The Morgan fingerprint density at radius 3 is 2.94 bits per heavy atom. The number of alkyl halides is 1. The minimum atomic E-state index is -0.896. The number of hydrogen-bond donors (Lipinski definition) is 1. The summed E-state index contributed by atoms with van der Waals surface area (Å²) in [6.45, 7) is 6.25. The summed E-state index contributed by atoms with van der Waals surface area (Å²) in [6.07, 6.45) is 7.35. The molecule has 3 aliphatic heterocycles. The largest absolute Gasteiger partial charge is 0.461 e. The van der Waals surface area contributed by atoms with Crippen molar-refractivity contribution in [2.24, 2.45) is 0 Å². The predicted octanol–water partition coefficient (Wildman–Crippen LogP) is 4.07. The first kappa shape index (κ1) is 23.6. The average molecular weight is 494 g/mol. The zero-order valence-corrected chi connectivity index (χ0v) is 19.9. The van der Waals surface area contributed by atoms with E-state index in [2.05, 4.69) is 26.4 Å². The molecule has 2 aromatic rings. The molecule has 0 amide bonds. The molecule has 0 unspecified atom stereocenters. The molecule has 1 N–H and O–H groups in total. The maximum absolute atomic E-state index is 15.0. The van der Waals surface area contributed by atoms with E-state index in [-0.39, 0.29) is 28.8 Å². The second-order valence-electron chi connectivity index (χ2n) is 9.90. The Morgan fingerprint density at radius 1 is 1.29 bits per heavy atom. The zero-order chi connectivity index (χ0) is 23.9. The van der Waals surface area contributed by atoms with Crippen molar-refractivity contribution in [2.45, 2.75) is 62.3 Å². The molecule has 2 aromatic heterocycles. The van der Waals surface area contributed by atoms with Crippen LogP contribution in [0.1, 0.15) is 44.9 Å². The van der Waals surface area contributed by atoms with Gasteiger partial charge in [0.15, 0.2) is 11.0 Å². The van der Waals surface area contributed by atoms with Gasteiger partial charge in [-0.1, -0.05) is 17.7 Å². The van der Waals surface area contributed by atoms with E-state index in [1.807, 2.05) is 4.90 Å². The number of β-amino-alcohol motifs (C(OH)–C–C–N with tert-alkyl or cyclic N) is 1. The number of piperidine rings is 1. The number of halogens is 3. The summed E-state index contributed by atoms with van der Waals surface area (Å²) in [6, 6.07) is 0.0207. The monoisotopic (exact) mass is 493 g/mol. The number of pyridine rings is 1. The van der Waals surface area contributed by atoms with Crippen LogP contribution in [0.5, 0.6) is 6.01 Å². The highest BCUT2D eigenvalue weighted by atomic mass is 35.5. The number of hydrogen-bond acceptors (Lipinski definition) is 7. The molecule has 0 aromatic carbocycles. The second-order valence-corrected chi connectivity index (χ2v) is 10.3. The first-order valence-corrected chi connectivity index (χ1v) is 12.3. The maximum atomic E-state index is 15.0. The summed E-state index contributed by atoms with van der Waals surface area (Å²) >= 11 is 5.95. The van der Waals surface area contributed by atoms with Gasteiger partial charge in [0.1, 0.15) is 24.1 Å². The highest BCUT2D eigenvalue weighted by Crippen LogP contribution is 2.41. The number of aromatic nitrogens is 3. The molecule has 184 valence electrons. The summed E-state index contributed by atoms with van der Waals surface area (Å²) in [5.74, 6) is -0.285. The molecule has 0 spiro atoms. The first-order valence-electron chi connectivity index (χ1n) is 11.9. The lowest BCUT2D eigenvalue weighted by molar-refractivity contribution is 0.0184. The molecule has 0 aliphatic carbocycles.